The third kappa shape index (κ3) is 2.80. The van der Waals surface area contributed by atoms with Gasteiger partial charge in [0, 0.05) is 18.9 Å². The van der Waals surface area contributed by atoms with Crippen LogP contribution in [0.5, 0.6) is 0 Å². The van der Waals surface area contributed by atoms with Gasteiger partial charge in [-0.3, -0.25) is 4.79 Å². The molecule has 2 fully saturated rings. The summed E-state index contributed by atoms with van der Waals surface area (Å²) in [6.45, 7) is 3.35. The van der Waals surface area contributed by atoms with Crippen LogP contribution in [0.15, 0.2) is 0 Å². The number of carbonyl (C=O) groups is 1. The van der Waals surface area contributed by atoms with Crippen LogP contribution in [0.25, 0.3) is 0 Å². The van der Waals surface area contributed by atoms with Gasteiger partial charge < -0.3 is 15.2 Å². The molecule has 0 bridgehead atoms. The molecule has 2 rings (SSSR count). The van der Waals surface area contributed by atoms with Gasteiger partial charge in [0.1, 0.15) is 6.10 Å². The van der Waals surface area contributed by atoms with Crippen LogP contribution in [0.4, 0.5) is 0 Å². The van der Waals surface area contributed by atoms with Crippen molar-refractivity contribution in [3.63, 3.8) is 0 Å². The molecule has 0 spiro atoms. The van der Waals surface area contributed by atoms with Crippen molar-refractivity contribution in [1.29, 1.82) is 0 Å². The summed E-state index contributed by atoms with van der Waals surface area (Å²) in [4.78, 5) is 12.3. The van der Waals surface area contributed by atoms with E-state index in [2.05, 4.69) is 0 Å². The summed E-state index contributed by atoms with van der Waals surface area (Å²) >= 11 is 0. The number of esters is 1. The van der Waals surface area contributed by atoms with Crippen LogP contribution in [0, 0.1) is 5.41 Å². The van der Waals surface area contributed by atoms with Gasteiger partial charge in [-0.1, -0.05) is 12.8 Å². The van der Waals surface area contributed by atoms with Gasteiger partial charge in [0.2, 0.25) is 0 Å². The first-order chi connectivity index (χ1) is 8.13. The minimum absolute atomic E-state index is 0.0298. The fourth-order valence-corrected chi connectivity index (χ4v) is 2.69. The van der Waals surface area contributed by atoms with Gasteiger partial charge in [0.15, 0.2) is 0 Å². The summed E-state index contributed by atoms with van der Waals surface area (Å²) in [5.74, 6) is -0.100. The first kappa shape index (κ1) is 12.8. The van der Waals surface area contributed by atoms with Crippen molar-refractivity contribution in [2.45, 2.75) is 57.6 Å². The Hall–Kier alpha value is -0.610. The van der Waals surface area contributed by atoms with Gasteiger partial charge in [0.25, 0.3) is 0 Å². The normalized spacial score (nSPS) is 35.5. The number of carbonyl (C=O) groups excluding carboxylic acids is 1. The highest BCUT2D eigenvalue weighted by Gasteiger charge is 2.43. The van der Waals surface area contributed by atoms with Crippen LogP contribution >= 0.6 is 0 Å². The molecular weight excluding hydrogens is 218 g/mol. The number of hydrogen-bond donors (Lipinski definition) is 1. The second-order valence-corrected chi connectivity index (χ2v) is 5.49. The van der Waals surface area contributed by atoms with E-state index in [1.807, 2.05) is 6.92 Å². The Kier molecular flexibility index (Phi) is 4.05. The second-order valence-electron chi connectivity index (χ2n) is 5.49. The van der Waals surface area contributed by atoms with Crippen molar-refractivity contribution in [1.82, 2.24) is 0 Å². The van der Waals surface area contributed by atoms with Crippen LogP contribution < -0.4 is 5.73 Å². The minimum atomic E-state index is -0.476. The summed E-state index contributed by atoms with van der Waals surface area (Å²) in [5.41, 5.74) is 5.62. The average molecular weight is 241 g/mol. The van der Waals surface area contributed by atoms with Gasteiger partial charge in [-0.05, 0) is 19.8 Å². The Morgan fingerprint density at radius 2 is 2.00 bits per heavy atom. The van der Waals surface area contributed by atoms with Crippen molar-refractivity contribution in [3.05, 3.63) is 0 Å². The molecule has 98 valence electrons. The van der Waals surface area contributed by atoms with E-state index in [0.29, 0.717) is 13.2 Å². The van der Waals surface area contributed by atoms with E-state index in [1.165, 1.54) is 0 Å². The lowest BCUT2D eigenvalue weighted by atomic mass is 9.72. The molecule has 2 aliphatic rings. The molecule has 0 aromatic carbocycles. The number of rotatable bonds is 2. The SMILES string of the molecule is CC1(C(=O)OC2CCOCC2)CCCCC1N. The van der Waals surface area contributed by atoms with E-state index in [1.54, 1.807) is 0 Å². The Bertz CT molecular complexity index is 276. The third-order valence-electron chi connectivity index (χ3n) is 4.19. The second kappa shape index (κ2) is 5.36. The van der Waals surface area contributed by atoms with Crippen LogP contribution in [0.2, 0.25) is 0 Å². The summed E-state index contributed by atoms with van der Waals surface area (Å²) in [5, 5.41) is 0. The van der Waals surface area contributed by atoms with Crippen molar-refractivity contribution < 1.29 is 14.3 Å². The summed E-state index contributed by atoms with van der Waals surface area (Å²) in [6, 6.07) is -0.0522. The predicted octanol–water partition coefficient (Wildman–Crippen LogP) is 1.62. The molecule has 1 saturated carbocycles. The summed E-state index contributed by atoms with van der Waals surface area (Å²) in [6.07, 6.45) is 5.65. The Morgan fingerprint density at radius 1 is 1.29 bits per heavy atom. The van der Waals surface area contributed by atoms with Crippen LogP contribution in [0.3, 0.4) is 0 Å². The van der Waals surface area contributed by atoms with Gasteiger partial charge in [-0.15, -0.1) is 0 Å². The fourth-order valence-electron chi connectivity index (χ4n) is 2.69. The summed E-state index contributed by atoms with van der Waals surface area (Å²) < 4.78 is 10.9. The molecule has 17 heavy (non-hydrogen) atoms. The van der Waals surface area contributed by atoms with E-state index in [0.717, 1.165) is 38.5 Å². The fraction of sp³-hybridized carbons (Fsp3) is 0.923. The van der Waals surface area contributed by atoms with Crippen molar-refractivity contribution in [2.24, 2.45) is 11.1 Å². The molecule has 0 aromatic heterocycles. The molecule has 2 atom stereocenters. The summed E-state index contributed by atoms with van der Waals surface area (Å²) in [7, 11) is 0. The van der Waals surface area contributed by atoms with Crippen molar-refractivity contribution in [2.75, 3.05) is 13.2 Å². The van der Waals surface area contributed by atoms with E-state index in [9.17, 15) is 4.79 Å². The maximum Gasteiger partial charge on any atom is 0.313 e. The smallest absolute Gasteiger partial charge is 0.313 e. The number of nitrogens with two attached hydrogens (primary N) is 1. The topological polar surface area (TPSA) is 61.5 Å². The zero-order chi connectivity index (χ0) is 12.3. The number of hydrogen-bond acceptors (Lipinski definition) is 4. The lowest BCUT2D eigenvalue weighted by Gasteiger charge is -2.38. The zero-order valence-electron chi connectivity index (χ0n) is 10.6. The molecule has 1 aliphatic carbocycles. The first-order valence-electron chi connectivity index (χ1n) is 6.67. The molecule has 2 N–H and O–H groups in total. The molecule has 0 aromatic rings. The van der Waals surface area contributed by atoms with Gasteiger partial charge in [0.05, 0.1) is 18.6 Å². The first-order valence-corrected chi connectivity index (χ1v) is 6.67. The largest absolute Gasteiger partial charge is 0.462 e. The molecule has 1 heterocycles. The van der Waals surface area contributed by atoms with Gasteiger partial charge in [-0.2, -0.15) is 0 Å². The predicted molar refractivity (Wildman–Crippen MR) is 64.5 cm³/mol. The molecule has 1 aliphatic heterocycles. The Balaban J connectivity index is 1.93. The van der Waals surface area contributed by atoms with Gasteiger partial charge >= 0.3 is 5.97 Å². The van der Waals surface area contributed by atoms with Crippen molar-refractivity contribution >= 4 is 5.97 Å². The van der Waals surface area contributed by atoms with E-state index in [-0.39, 0.29) is 18.1 Å². The zero-order valence-corrected chi connectivity index (χ0v) is 10.6. The molecular formula is C13H23NO3. The van der Waals surface area contributed by atoms with E-state index < -0.39 is 5.41 Å². The lowest BCUT2D eigenvalue weighted by Crippen LogP contribution is -2.49. The van der Waals surface area contributed by atoms with Gasteiger partial charge in [-0.25, -0.2) is 0 Å². The van der Waals surface area contributed by atoms with E-state index in [4.69, 9.17) is 15.2 Å². The molecule has 4 heteroatoms. The molecule has 0 radical (unpaired) electrons. The Labute approximate surface area is 103 Å². The van der Waals surface area contributed by atoms with Crippen LogP contribution in [-0.2, 0) is 14.3 Å². The highest BCUT2D eigenvalue weighted by Crippen LogP contribution is 2.36. The lowest BCUT2D eigenvalue weighted by molar-refractivity contribution is -0.167. The van der Waals surface area contributed by atoms with Crippen LogP contribution in [0.1, 0.15) is 45.4 Å². The minimum Gasteiger partial charge on any atom is -0.462 e. The van der Waals surface area contributed by atoms with E-state index >= 15 is 0 Å². The maximum atomic E-state index is 12.3. The molecule has 1 saturated heterocycles. The number of ether oxygens (including phenoxy) is 2. The molecule has 0 amide bonds. The average Bonchev–Trinajstić information content (AvgIpc) is 2.34. The van der Waals surface area contributed by atoms with Crippen molar-refractivity contribution in [3.8, 4) is 0 Å². The van der Waals surface area contributed by atoms with Crippen LogP contribution in [-0.4, -0.2) is 31.3 Å². The third-order valence-corrected chi connectivity index (χ3v) is 4.19. The molecule has 4 nitrogen and oxygen atoms in total. The highest BCUT2D eigenvalue weighted by molar-refractivity contribution is 5.77. The Morgan fingerprint density at radius 3 is 2.65 bits per heavy atom. The maximum absolute atomic E-state index is 12.3. The highest BCUT2D eigenvalue weighted by atomic mass is 16.6. The monoisotopic (exact) mass is 241 g/mol. The quantitative estimate of drug-likeness (QED) is 0.746. The molecule has 2 unspecified atom stereocenters. The standard InChI is InChI=1S/C13H23NO3/c1-13(7-3-2-4-11(13)14)12(15)17-10-5-8-16-9-6-10/h10-11H,2-9,14H2,1H3.